The molecule has 0 bridgehead atoms. The van der Waals surface area contributed by atoms with Crippen molar-refractivity contribution in [3.05, 3.63) is 34.6 Å². The molecule has 0 aliphatic carbocycles. The van der Waals surface area contributed by atoms with Crippen LogP contribution in [0.15, 0.2) is 18.2 Å². The second-order valence-electron chi connectivity index (χ2n) is 3.55. The summed E-state index contributed by atoms with van der Waals surface area (Å²) in [5.41, 5.74) is -0.696. The molecule has 4 heteroatoms. The molecular weight excluding hydrogens is 207 g/mol. The van der Waals surface area contributed by atoms with Gasteiger partial charge in [-0.1, -0.05) is 17.7 Å². The molecule has 1 aromatic carbocycles. The van der Waals surface area contributed by atoms with Crippen LogP contribution in [-0.4, -0.2) is 11.1 Å². The molecular formula is C10H10ClFO2. The summed E-state index contributed by atoms with van der Waals surface area (Å²) in [5.74, 6) is -1.47. The summed E-state index contributed by atoms with van der Waals surface area (Å²) in [6, 6.07) is 3.71. The molecule has 0 aliphatic heterocycles. The van der Waals surface area contributed by atoms with Gasteiger partial charge in [-0.2, -0.15) is 0 Å². The zero-order valence-corrected chi connectivity index (χ0v) is 8.60. The van der Waals surface area contributed by atoms with E-state index in [4.69, 9.17) is 16.7 Å². The van der Waals surface area contributed by atoms with Crippen LogP contribution in [0.25, 0.3) is 0 Å². The zero-order chi connectivity index (χ0) is 10.9. The summed E-state index contributed by atoms with van der Waals surface area (Å²) in [7, 11) is 0. The number of hydrogen-bond donors (Lipinski definition) is 1. The maximum Gasteiger partial charge on any atom is 0.313 e. The van der Waals surface area contributed by atoms with Gasteiger partial charge in [0.05, 0.1) is 5.41 Å². The average molecular weight is 217 g/mol. The van der Waals surface area contributed by atoms with E-state index in [-0.39, 0.29) is 5.02 Å². The minimum Gasteiger partial charge on any atom is -0.481 e. The lowest BCUT2D eigenvalue weighted by Crippen LogP contribution is -2.28. The lowest BCUT2D eigenvalue weighted by Gasteiger charge is -2.20. The normalized spacial score (nSPS) is 11.4. The van der Waals surface area contributed by atoms with E-state index in [0.717, 1.165) is 6.07 Å². The Hall–Kier alpha value is -1.09. The maximum absolute atomic E-state index is 12.7. The third kappa shape index (κ3) is 1.87. The van der Waals surface area contributed by atoms with E-state index in [9.17, 15) is 9.18 Å². The van der Waals surface area contributed by atoms with Crippen molar-refractivity contribution in [2.24, 2.45) is 0 Å². The molecule has 1 aromatic rings. The monoisotopic (exact) mass is 216 g/mol. The summed E-state index contributed by atoms with van der Waals surface area (Å²) >= 11 is 5.75. The lowest BCUT2D eigenvalue weighted by atomic mass is 9.85. The molecule has 0 aromatic heterocycles. The van der Waals surface area contributed by atoms with Crippen LogP contribution in [0.3, 0.4) is 0 Å². The second kappa shape index (κ2) is 3.58. The van der Waals surface area contributed by atoms with Crippen LogP contribution in [0.4, 0.5) is 4.39 Å². The first-order valence-electron chi connectivity index (χ1n) is 4.04. The van der Waals surface area contributed by atoms with Crippen LogP contribution in [0, 0.1) is 5.82 Å². The quantitative estimate of drug-likeness (QED) is 0.826. The Balaban J connectivity index is 3.26. The molecule has 14 heavy (non-hydrogen) atoms. The largest absolute Gasteiger partial charge is 0.481 e. The van der Waals surface area contributed by atoms with Crippen LogP contribution >= 0.6 is 11.6 Å². The first-order valence-corrected chi connectivity index (χ1v) is 4.42. The number of aliphatic carboxylic acids is 1. The average Bonchev–Trinajstić information content (AvgIpc) is 2.02. The number of carboxylic acids is 1. The number of halogens is 2. The molecule has 0 amide bonds. The molecule has 1 rings (SSSR count). The number of benzene rings is 1. The fraction of sp³-hybridized carbons (Fsp3) is 0.300. The summed E-state index contributed by atoms with van der Waals surface area (Å²) < 4.78 is 12.7. The van der Waals surface area contributed by atoms with Crippen molar-refractivity contribution in [1.82, 2.24) is 0 Å². The van der Waals surface area contributed by atoms with Gasteiger partial charge in [-0.25, -0.2) is 4.39 Å². The minimum absolute atomic E-state index is 0.136. The van der Waals surface area contributed by atoms with Crippen molar-refractivity contribution < 1.29 is 14.3 Å². The van der Waals surface area contributed by atoms with Gasteiger partial charge in [0, 0.05) is 5.02 Å². The first kappa shape index (κ1) is 11.0. The number of hydrogen-bond acceptors (Lipinski definition) is 1. The van der Waals surface area contributed by atoms with Gasteiger partial charge >= 0.3 is 5.97 Å². The van der Waals surface area contributed by atoms with Crippen molar-refractivity contribution in [3.8, 4) is 0 Å². The Morgan fingerprint density at radius 2 is 2.07 bits per heavy atom. The van der Waals surface area contributed by atoms with E-state index in [2.05, 4.69) is 0 Å². The van der Waals surface area contributed by atoms with Crippen molar-refractivity contribution in [1.29, 1.82) is 0 Å². The van der Waals surface area contributed by atoms with Gasteiger partial charge in [0.2, 0.25) is 0 Å². The summed E-state index contributed by atoms with van der Waals surface area (Å²) in [5, 5.41) is 9.07. The van der Waals surface area contributed by atoms with E-state index in [1.807, 2.05) is 0 Å². The van der Waals surface area contributed by atoms with Crippen molar-refractivity contribution in [2.45, 2.75) is 19.3 Å². The van der Waals surface area contributed by atoms with E-state index < -0.39 is 17.2 Å². The Kier molecular flexibility index (Phi) is 2.81. The predicted octanol–water partition coefficient (Wildman–Crippen LogP) is 2.84. The summed E-state index contributed by atoms with van der Waals surface area (Å²) in [6.07, 6.45) is 0. The fourth-order valence-corrected chi connectivity index (χ4v) is 1.52. The molecule has 1 N–H and O–H groups in total. The summed E-state index contributed by atoms with van der Waals surface area (Å²) in [6.45, 7) is 3.04. The van der Waals surface area contributed by atoms with E-state index in [1.165, 1.54) is 26.0 Å². The molecule has 76 valence electrons. The fourth-order valence-electron chi connectivity index (χ4n) is 1.11. The number of carbonyl (C=O) groups is 1. The smallest absolute Gasteiger partial charge is 0.313 e. The Bertz CT molecular complexity index is 374. The molecule has 0 saturated carbocycles. The van der Waals surface area contributed by atoms with Crippen molar-refractivity contribution in [2.75, 3.05) is 0 Å². The maximum atomic E-state index is 12.7. The van der Waals surface area contributed by atoms with Gasteiger partial charge < -0.3 is 5.11 Å². The SMILES string of the molecule is CC(C)(C(=O)O)c1ccc(F)cc1Cl. The van der Waals surface area contributed by atoms with Gasteiger partial charge in [0.25, 0.3) is 0 Å². The predicted molar refractivity (Wildman–Crippen MR) is 52.1 cm³/mol. The highest BCUT2D eigenvalue weighted by molar-refractivity contribution is 6.31. The van der Waals surface area contributed by atoms with Crippen molar-refractivity contribution in [3.63, 3.8) is 0 Å². The van der Waals surface area contributed by atoms with Crippen LogP contribution in [0.1, 0.15) is 19.4 Å². The molecule has 0 fully saturated rings. The zero-order valence-electron chi connectivity index (χ0n) is 7.84. The molecule has 0 aliphatic rings. The molecule has 0 atom stereocenters. The number of rotatable bonds is 2. The molecule has 0 radical (unpaired) electrons. The van der Waals surface area contributed by atoms with Crippen LogP contribution in [0.5, 0.6) is 0 Å². The van der Waals surface area contributed by atoms with Crippen LogP contribution in [-0.2, 0) is 10.2 Å². The molecule has 0 heterocycles. The first-order chi connectivity index (χ1) is 6.35. The summed E-state index contributed by atoms with van der Waals surface area (Å²) in [4.78, 5) is 10.9. The van der Waals surface area contributed by atoms with E-state index in [1.54, 1.807) is 0 Å². The Morgan fingerprint density at radius 3 is 2.50 bits per heavy atom. The van der Waals surface area contributed by atoms with Gasteiger partial charge in [-0.3, -0.25) is 4.79 Å². The van der Waals surface area contributed by atoms with Gasteiger partial charge in [0.1, 0.15) is 5.82 Å². The van der Waals surface area contributed by atoms with Crippen LogP contribution in [0.2, 0.25) is 5.02 Å². The third-order valence-corrected chi connectivity index (χ3v) is 2.45. The van der Waals surface area contributed by atoms with E-state index in [0.29, 0.717) is 5.56 Å². The lowest BCUT2D eigenvalue weighted by molar-refractivity contribution is -0.142. The molecule has 0 saturated heterocycles. The topological polar surface area (TPSA) is 37.3 Å². The van der Waals surface area contributed by atoms with Crippen LogP contribution < -0.4 is 0 Å². The number of carboxylic acid groups (broad SMARTS) is 1. The highest BCUT2D eigenvalue weighted by atomic mass is 35.5. The van der Waals surface area contributed by atoms with Gasteiger partial charge in [-0.05, 0) is 31.5 Å². The van der Waals surface area contributed by atoms with Gasteiger partial charge in [0.15, 0.2) is 0 Å². The van der Waals surface area contributed by atoms with Crippen molar-refractivity contribution >= 4 is 17.6 Å². The van der Waals surface area contributed by atoms with E-state index >= 15 is 0 Å². The highest BCUT2D eigenvalue weighted by Crippen LogP contribution is 2.30. The third-order valence-electron chi connectivity index (χ3n) is 2.14. The second-order valence-corrected chi connectivity index (χ2v) is 3.96. The van der Waals surface area contributed by atoms with Gasteiger partial charge in [-0.15, -0.1) is 0 Å². The Morgan fingerprint density at radius 1 is 1.50 bits per heavy atom. The highest BCUT2D eigenvalue weighted by Gasteiger charge is 2.31. The standard InChI is InChI=1S/C10H10ClFO2/c1-10(2,9(13)14)7-4-3-6(12)5-8(7)11/h3-5H,1-2H3,(H,13,14). The molecule has 2 nitrogen and oxygen atoms in total. The Labute approximate surface area is 86.3 Å². The minimum atomic E-state index is -1.11. The molecule has 0 unspecified atom stereocenters. The molecule has 0 spiro atoms.